The minimum atomic E-state index is -3.70. The van der Waals surface area contributed by atoms with Crippen LogP contribution in [-0.4, -0.2) is 71.2 Å². The van der Waals surface area contributed by atoms with Crippen molar-refractivity contribution in [3.8, 4) is 11.5 Å². The fourth-order valence-electron chi connectivity index (χ4n) is 3.69. The number of anilines is 2. The van der Waals surface area contributed by atoms with Crippen molar-refractivity contribution in [2.75, 3.05) is 62.8 Å². The molecule has 1 saturated heterocycles. The van der Waals surface area contributed by atoms with E-state index in [0.29, 0.717) is 57.4 Å². The summed E-state index contributed by atoms with van der Waals surface area (Å²) in [5.74, 6) is 0.871. The molecule has 0 unspecified atom stereocenters. The Morgan fingerprint density at radius 1 is 1.00 bits per heavy atom. The predicted molar refractivity (Wildman–Crippen MR) is 131 cm³/mol. The lowest BCUT2D eigenvalue weighted by atomic mass is 10.2. The van der Waals surface area contributed by atoms with E-state index in [2.05, 4.69) is 5.32 Å². The smallest absolute Gasteiger partial charge is 0.262 e. The van der Waals surface area contributed by atoms with Gasteiger partial charge in [0.25, 0.3) is 5.91 Å². The van der Waals surface area contributed by atoms with Crippen LogP contribution < -0.4 is 19.7 Å². The van der Waals surface area contributed by atoms with Gasteiger partial charge in [-0.1, -0.05) is 0 Å². The Morgan fingerprint density at radius 3 is 2.21 bits per heavy atom. The van der Waals surface area contributed by atoms with E-state index in [1.807, 2.05) is 25.7 Å². The number of hydrogen-bond acceptors (Lipinski definition) is 7. The summed E-state index contributed by atoms with van der Waals surface area (Å²) in [5, 5.41) is 2.84. The van der Waals surface area contributed by atoms with Crippen LogP contribution in [-0.2, 0) is 19.6 Å². The zero-order valence-electron chi connectivity index (χ0n) is 20.0. The summed E-state index contributed by atoms with van der Waals surface area (Å²) in [5.41, 5.74) is 1.18. The first-order valence-electron chi connectivity index (χ1n) is 11.5. The van der Waals surface area contributed by atoms with Crippen molar-refractivity contribution in [2.24, 2.45) is 0 Å². The summed E-state index contributed by atoms with van der Waals surface area (Å²) in [4.78, 5) is 14.9. The van der Waals surface area contributed by atoms with E-state index in [-0.39, 0.29) is 17.4 Å². The number of amides is 1. The zero-order valence-corrected chi connectivity index (χ0v) is 20.8. The molecule has 2 aromatic rings. The predicted octanol–water partition coefficient (Wildman–Crippen LogP) is 2.97. The normalized spacial score (nSPS) is 14.4. The summed E-state index contributed by atoms with van der Waals surface area (Å²) >= 11 is 0. The number of morpholine rings is 1. The molecule has 0 saturated carbocycles. The Morgan fingerprint density at radius 2 is 1.62 bits per heavy atom. The fraction of sp³-hybridized carbons (Fsp3) is 0.458. The second-order valence-electron chi connectivity index (χ2n) is 7.61. The van der Waals surface area contributed by atoms with Crippen LogP contribution in [0.4, 0.5) is 11.4 Å². The van der Waals surface area contributed by atoms with Gasteiger partial charge in [-0.25, -0.2) is 8.42 Å². The molecule has 0 bridgehead atoms. The van der Waals surface area contributed by atoms with Crippen molar-refractivity contribution >= 4 is 27.3 Å². The second kappa shape index (κ2) is 12.0. The molecule has 0 aromatic heterocycles. The van der Waals surface area contributed by atoms with Crippen molar-refractivity contribution in [2.45, 2.75) is 25.7 Å². The molecule has 3 rings (SSSR count). The maximum atomic E-state index is 13.1. The standard InChI is InChI=1S/C24H33N3O6S/c1-4-26(5-2)23-12-11-21(34(29,30)27-13-15-31-16-14-27)17-22(23)25-24(28)18-33-20-9-7-19(8-10-20)32-6-3/h7-12,17H,4-6,13-16,18H2,1-3H3,(H,25,28). The molecule has 0 spiro atoms. The van der Waals surface area contributed by atoms with Crippen LogP contribution in [0.2, 0.25) is 0 Å². The minimum absolute atomic E-state index is 0.132. The number of nitrogens with one attached hydrogen (secondary N) is 1. The molecule has 1 amide bonds. The summed E-state index contributed by atoms with van der Waals surface area (Å²) in [6.45, 7) is 9.01. The Hall–Kier alpha value is -2.82. The van der Waals surface area contributed by atoms with Crippen LogP contribution in [0.25, 0.3) is 0 Å². The van der Waals surface area contributed by atoms with Gasteiger partial charge in [-0.15, -0.1) is 0 Å². The first-order chi connectivity index (χ1) is 16.4. The highest BCUT2D eigenvalue weighted by Gasteiger charge is 2.27. The van der Waals surface area contributed by atoms with Gasteiger partial charge in [0.1, 0.15) is 11.5 Å². The van der Waals surface area contributed by atoms with Crippen molar-refractivity contribution in [1.29, 1.82) is 0 Å². The molecule has 1 aliphatic heterocycles. The zero-order chi connectivity index (χ0) is 24.6. The lowest BCUT2D eigenvalue weighted by Gasteiger charge is -2.28. The third-order valence-corrected chi connectivity index (χ3v) is 7.35. The topological polar surface area (TPSA) is 97.4 Å². The van der Waals surface area contributed by atoms with E-state index in [0.717, 1.165) is 11.4 Å². The second-order valence-corrected chi connectivity index (χ2v) is 9.55. The van der Waals surface area contributed by atoms with Gasteiger partial charge in [0.05, 0.1) is 36.1 Å². The van der Waals surface area contributed by atoms with Crippen molar-refractivity contribution in [3.05, 3.63) is 42.5 Å². The largest absolute Gasteiger partial charge is 0.494 e. The van der Waals surface area contributed by atoms with Gasteiger partial charge in [0.2, 0.25) is 10.0 Å². The highest BCUT2D eigenvalue weighted by atomic mass is 32.2. The quantitative estimate of drug-likeness (QED) is 0.516. The minimum Gasteiger partial charge on any atom is -0.494 e. The maximum Gasteiger partial charge on any atom is 0.262 e. The molecule has 34 heavy (non-hydrogen) atoms. The average Bonchev–Trinajstić information content (AvgIpc) is 2.86. The Labute approximate surface area is 201 Å². The lowest BCUT2D eigenvalue weighted by Crippen LogP contribution is -2.40. The van der Waals surface area contributed by atoms with Gasteiger partial charge in [-0.3, -0.25) is 4.79 Å². The average molecular weight is 492 g/mol. The number of benzene rings is 2. The summed E-state index contributed by atoms with van der Waals surface area (Å²) in [6, 6.07) is 11.9. The van der Waals surface area contributed by atoms with Crippen LogP contribution >= 0.6 is 0 Å². The summed E-state index contributed by atoms with van der Waals surface area (Å²) < 4.78 is 44.0. The SMILES string of the molecule is CCOc1ccc(OCC(=O)Nc2cc(S(=O)(=O)N3CCOCC3)ccc2N(CC)CC)cc1. The van der Waals surface area contributed by atoms with Crippen LogP contribution in [0.15, 0.2) is 47.4 Å². The highest BCUT2D eigenvalue weighted by Crippen LogP contribution is 2.30. The Kier molecular flexibility index (Phi) is 9.14. The van der Waals surface area contributed by atoms with Crippen LogP contribution in [0.5, 0.6) is 11.5 Å². The molecule has 2 aromatic carbocycles. The van der Waals surface area contributed by atoms with Crippen LogP contribution in [0, 0.1) is 0 Å². The van der Waals surface area contributed by atoms with Gasteiger partial charge in [0, 0.05) is 26.2 Å². The molecule has 9 nitrogen and oxygen atoms in total. The van der Waals surface area contributed by atoms with E-state index in [4.69, 9.17) is 14.2 Å². The monoisotopic (exact) mass is 491 g/mol. The Balaban J connectivity index is 1.78. The fourth-order valence-corrected chi connectivity index (χ4v) is 5.12. The van der Waals surface area contributed by atoms with Gasteiger partial charge in [-0.05, 0) is 63.2 Å². The van der Waals surface area contributed by atoms with E-state index in [1.54, 1.807) is 36.4 Å². The van der Waals surface area contributed by atoms with Crippen LogP contribution in [0.1, 0.15) is 20.8 Å². The molecule has 1 aliphatic rings. The third-order valence-electron chi connectivity index (χ3n) is 5.46. The molecule has 0 radical (unpaired) electrons. The number of carbonyl (C=O) groups excluding carboxylic acids is 1. The number of hydrogen-bond donors (Lipinski definition) is 1. The van der Waals surface area contributed by atoms with Gasteiger partial charge < -0.3 is 24.4 Å². The maximum absolute atomic E-state index is 13.1. The van der Waals surface area contributed by atoms with Crippen LogP contribution in [0.3, 0.4) is 0 Å². The molecule has 1 N–H and O–H groups in total. The van der Waals surface area contributed by atoms with E-state index >= 15 is 0 Å². The molecule has 1 fully saturated rings. The lowest BCUT2D eigenvalue weighted by molar-refractivity contribution is -0.118. The first kappa shape index (κ1) is 25.8. The van der Waals surface area contributed by atoms with E-state index in [1.165, 1.54) is 10.4 Å². The van der Waals surface area contributed by atoms with Gasteiger partial charge >= 0.3 is 0 Å². The number of nitrogens with zero attached hydrogens (tertiary/aromatic N) is 2. The van der Waals surface area contributed by atoms with Gasteiger partial charge in [0.15, 0.2) is 6.61 Å². The summed E-state index contributed by atoms with van der Waals surface area (Å²) in [6.07, 6.45) is 0. The molecule has 186 valence electrons. The van der Waals surface area contributed by atoms with Crippen molar-refractivity contribution in [1.82, 2.24) is 4.31 Å². The molecule has 10 heteroatoms. The summed E-state index contributed by atoms with van der Waals surface area (Å²) in [7, 11) is -3.70. The number of ether oxygens (including phenoxy) is 3. The highest BCUT2D eigenvalue weighted by molar-refractivity contribution is 7.89. The molecular weight excluding hydrogens is 458 g/mol. The first-order valence-corrected chi connectivity index (χ1v) is 12.9. The molecule has 0 atom stereocenters. The van der Waals surface area contributed by atoms with Crippen molar-refractivity contribution in [3.63, 3.8) is 0 Å². The number of rotatable bonds is 11. The molecule has 1 heterocycles. The van der Waals surface area contributed by atoms with E-state index < -0.39 is 10.0 Å². The van der Waals surface area contributed by atoms with E-state index in [9.17, 15) is 13.2 Å². The number of carbonyl (C=O) groups is 1. The molecular formula is C24H33N3O6S. The Bertz CT molecular complexity index is 1050. The van der Waals surface area contributed by atoms with Gasteiger partial charge in [-0.2, -0.15) is 4.31 Å². The van der Waals surface area contributed by atoms with Crippen molar-refractivity contribution < 1.29 is 27.4 Å². The number of sulfonamides is 1. The molecule has 0 aliphatic carbocycles. The third kappa shape index (κ3) is 6.40.